The Bertz CT molecular complexity index is 1230. The minimum atomic E-state index is 0.436. The van der Waals surface area contributed by atoms with E-state index in [9.17, 15) is 0 Å². The molecule has 4 heterocycles. The summed E-state index contributed by atoms with van der Waals surface area (Å²) in [7, 11) is 1.94. The lowest BCUT2D eigenvalue weighted by Crippen LogP contribution is -2.60. The van der Waals surface area contributed by atoms with Crippen LogP contribution in [0.3, 0.4) is 0 Å². The fraction of sp³-hybridized carbons (Fsp3) is 0.667. The first-order valence-corrected chi connectivity index (χ1v) is 14.9. The smallest absolute Gasteiger partial charge is 0.163 e. The molecule has 2 aliphatic carbocycles. The number of aryl methyl sites for hydroxylation is 1. The summed E-state index contributed by atoms with van der Waals surface area (Å²) >= 11 is 6.68. The average Bonchev–Trinajstić information content (AvgIpc) is 3.36. The predicted molar refractivity (Wildman–Crippen MR) is 146 cm³/mol. The molecule has 1 aromatic carbocycles. The molecule has 5 nitrogen and oxygen atoms in total. The van der Waals surface area contributed by atoms with Crippen LogP contribution >= 0.6 is 11.6 Å². The average molecular weight is 506 g/mol. The van der Waals surface area contributed by atoms with E-state index in [4.69, 9.17) is 21.7 Å². The zero-order valence-electron chi connectivity index (χ0n) is 21.8. The number of piperidine rings is 2. The van der Waals surface area contributed by atoms with Gasteiger partial charge in [0.15, 0.2) is 5.82 Å². The molecule has 0 unspecified atom stereocenters. The van der Waals surface area contributed by atoms with Crippen LogP contribution in [-0.4, -0.2) is 42.4 Å². The van der Waals surface area contributed by atoms with Gasteiger partial charge in [-0.05, 0) is 74.8 Å². The molecule has 2 saturated carbocycles. The monoisotopic (exact) mass is 505 g/mol. The van der Waals surface area contributed by atoms with Gasteiger partial charge in [0.1, 0.15) is 5.69 Å². The molecule has 0 spiro atoms. The highest BCUT2D eigenvalue weighted by Gasteiger charge is 2.47. The highest BCUT2D eigenvalue weighted by Crippen LogP contribution is 2.49. The van der Waals surface area contributed by atoms with Crippen molar-refractivity contribution >= 4 is 22.6 Å². The zero-order chi connectivity index (χ0) is 24.4. The van der Waals surface area contributed by atoms with Crippen molar-refractivity contribution in [3.8, 4) is 11.5 Å². The lowest BCUT2D eigenvalue weighted by molar-refractivity contribution is -0.0637. The highest BCUT2D eigenvalue weighted by atomic mass is 35.5. The van der Waals surface area contributed by atoms with E-state index in [1.807, 2.05) is 17.9 Å². The molecule has 4 fully saturated rings. The standard InChI is InChI=1S/C30H40ClN5/c1-19-11-12-22-16-24(17-28(19)35(22)23-14-20-7-3-4-8-21(13-20)15-23)36-27-10-6-5-9-26(27)32-30(36)29-25(31)18-34(2)33-29/h5-6,9-10,18-24,28H,3-4,7-8,11-17H2,1-2H3/t19-,20-,21+,22+,23-,24-,28+/m1/s1. The maximum Gasteiger partial charge on any atom is 0.163 e. The molecule has 2 aromatic heterocycles. The number of fused-ring (bicyclic) bond motifs is 5. The number of hydrogen-bond acceptors (Lipinski definition) is 3. The molecule has 7 rings (SSSR count). The van der Waals surface area contributed by atoms with Crippen LogP contribution in [0, 0.1) is 17.8 Å². The van der Waals surface area contributed by atoms with Crippen LogP contribution in [0.4, 0.5) is 0 Å². The van der Waals surface area contributed by atoms with Crippen molar-refractivity contribution in [2.45, 2.75) is 102 Å². The van der Waals surface area contributed by atoms with Crippen LogP contribution in [-0.2, 0) is 7.05 Å². The van der Waals surface area contributed by atoms with Crippen LogP contribution < -0.4 is 0 Å². The number of aromatic nitrogens is 4. The molecule has 6 heteroatoms. The van der Waals surface area contributed by atoms with Gasteiger partial charge in [-0.25, -0.2) is 4.98 Å². The van der Waals surface area contributed by atoms with Crippen molar-refractivity contribution in [1.29, 1.82) is 0 Å². The number of imidazole rings is 1. The Labute approximate surface area is 220 Å². The van der Waals surface area contributed by atoms with Crippen molar-refractivity contribution in [1.82, 2.24) is 24.2 Å². The van der Waals surface area contributed by atoms with Gasteiger partial charge in [0.05, 0.1) is 16.1 Å². The Morgan fingerprint density at radius 1 is 0.861 bits per heavy atom. The number of halogens is 1. The second kappa shape index (κ2) is 9.16. The summed E-state index contributed by atoms with van der Waals surface area (Å²) in [6.07, 6.45) is 17.3. The van der Waals surface area contributed by atoms with Gasteiger partial charge in [-0.2, -0.15) is 5.10 Å². The lowest BCUT2D eigenvalue weighted by atomic mass is 9.71. The van der Waals surface area contributed by atoms with E-state index in [0.29, 0.717) is 23.1 Å². The van der Waals surface area contributed by atoms with Crippen LogP contribution in [0.2, 0.25) is 5.02 Å². The second-order valence-electron chi connectivity index (χ2n) is 12.5. The maximum atomic E-state index is 6.68. The molecular weight excluding hydrogens is 466 g/mol. The van der Waals surface area contributed by atoms with Crippen LogP contribution in [0.1, 0.15) is 83.6 Å². The summed E-state index contributed by atoms with van der Waals surface area (Å²) in [5.74, 6) is 3.64. The molecule has 192 valence electrons. The fourth-order valence-corrected chi connectivity index (χ4v) is 8.99. The Balaban J connectivity index is 1.25. The van der Waals surface area contributed by atoms with E-state index < -0.39 is 0 Å². The number of rotatable bonds is 3. The first-order valence-electron chi connectivity index (χ1n) is 14.5. The quantitative estimate of drug-likeness (QED) is 0.376. The Hall–Kier alpha value is -1.85. The summed E-state index contributed by atoms with van der Waals surface area (Å²) in [6.45, 7) is 2.52. The third-order valence-corrected chi connectivity index (χ3v) is 10.5. The largest absolute Gasteiger partial charge is 0.319 e. The van der Waals surface area contributed by atoms with Crippen LogP contribution in [0.25, 0.3) is 22.6 Å². The Morgan fingerprint density at radius 2 is 1.64 bits per heavy atom. The molecule has 3 aromatic rings. The molecular formula is C30H40ClN5. The molecule has 7 atom stereocenters. The van der Waals surface area contributed by atoms with E-state index in [-0.39, 0.29) is 0 Å². The predicted octanol–water partition coefficient (Wildman–Crippen LogP) is 7.25. The third-order valence-electron chi connectivity index (χ3n) is 10.2. The topological polar surface area (TPSA) is 38.9 Å². The molecule has 0 radical (unpaired) electrons. The van der Waals surface area contributed by atoms with Gasteiger partial charge >= 0.3 is 0 Å². The van der Waals surface area contributed by atoms with Crippen molar-refractivity contribution in [3.05, 3.63) is 35.5 Å². The van der Waals surface area contributed by atoms with Gasteiger partial charge in [-0.1, -0.05) is 56.3 Å². The number of benzene rings is 1. The minimum Gasteiger partial charge on any atom is -0.319 e. The summed E-state index contributed by atoms with van der Waals surface area (Å²) in [4.78, 5) is 8.16. The number of para-hydroxylation sites is 2. The van der Waals surface area contributed by atoms with Gasteiger partial charge in [-0.3, -0.25) is 9.58 Å². The molecule has 4 aliphatic rings. The Kier molecular flexibility index (Phi) is 5.93. The van der Waals surface area contributed by atoms with Gasteiger partial charge < -0.3 is 4.57 Å². The van der Waals surface area contributed by atoms with Crippen LogP contribution in [0.15, 0.2) is 30.5 Å². The third kappa shape index (κ3) is 3.93. The van der Waals surface area contributed by atoms with E-state index >= 15 is 0 Å². The summed E-state index contributed by atoms with van der Waals surface area (Å²) < 4.78 is 4.32. The van der Waals surface area contributed by atoms with E-state index in [1.165, 1.54) is 76.1 Å². The first-order chi connectivity index (χ1) is 17.5. The van der Waals surface area contributed by atoms with Gasteiger partial charge in [0.25, 0.3) is 0 Å². The molecule has 36 heavy (non-hydrogen) atoms. The second-order valence-corrected chi connectivity index (χ2v) is 12.9. The number of nitrogens with zero attached hydrogens (tertiary/aromatic N) is 5. The fourth-order valence-electron chi connectivity index (χ4n) is 8.73. The Morgan fingerprint density at radius 3 is 2.39 bits per heavy atom. The number of hydrogen-bond donors (Lipinski definition) is 0. The maximum absolute atomic E-state index is 6.68. The molecule has 4 bridgehead atoms. The molecule has 2 saturated heterocycles. The van der Waals surface area contributed by atoms with Crippen molar-refractivity contribution in [2.24, 2.45) is 24.8 Å². The first kappa shape index (κ1) is 23.3. The highest BCUT2D eigenvalue weighted by molar-refractivity contribution is 6.32. The summed E-state index contributed by atoms with van der Waals surface area (Å²) in [5, 5.41) is 5.42. The zero-order valence-corrected chi connectivity index (χ0v) is 22.6. The molecule has 0 N–H and O–H groups in total. The van der Waals surface area contributed by atoms with Gasteiger partial charge in [0, 0.05) is 37.4 Å². The summed E-state index contributed by atoms with van der Waals surface area (Å²) in [5.41, 5.74) is 3.08. The van der Waals surface area contributed by atoms with Crippen molar-refractivity contribution in [3.63, 3.8) is 0 Å². The van der Waals surface area contributed by atoms with E-state index in [0.717, 1.165) is 40.8 Å². The minimum absolute atomic E-state index is 0.436. The van der Waals surface area contributed by atoms with E-state index in [2.05, 4.69) is 40.7 Å². The van der Waals surface area contributed by atoms with Gasteiger partial charge in [0.2, 0.25) is 0 Å². The normalized spacial score (nSPS) is 35.1. The molecule has 0 amide bonds. The molecule has 2 aliphatic heterocycles. The lowest BCUT2D eigenvalue weighted by Gasteiger charge is -2.56. The van der Waals surface area contributed by atoms with Crippen molar-refractivity contribution < 1.29 is 0 Å². The van der Waals surface area contributed by atoms with Crippen LogP contribution in [0.5, 0.6) is 0 Å². The van der Waals surface area contributed by atoms with Crippen molar-refractivity contribution in [2.75, 3.05) is 0 Å². The summed E-state index contributed by atoms with van der Waals surface area (Å²) in [6, 6.07) is 11.2. The SMILES string of the molecule is C[C@@H]1CC[C@H]2C[C@@H](n3c(-c4nn(C)cc4Cl)nc4ccccc43)C[C@@H]1N2[C@@H]1C[C@@H]2CCCC[C@@H](C2)C1. The van der Waals surface area contributed by atoms with Gasteiger partial charge in [-0.15, -0.1) is 0 Å². The van der Waals surface area contributed by atoms with E-state index in [1.54, 1.807) is 0 Å².